The van der Waals surface area contributed by atoms with Gasteiger partial charge in [-0.25, -0.2) is 23.5 Å². The lowest BCUT2D eigenvalue weighted by Gasteiger charge is -2.67. The fourth-order valence-electron chi connectivity index (χ4n) is 10.1. The Hall–Kier alpha value is -2.56. The standard InChI is InChI=1S/C30H35N3O2/c1-17-6-7-18(2)24-20(17)11-13-29-14-15-30(24,29)22-9-8-21(29)32-25(34)31(26(35)33(22)32)23-16-19-10-12-28(23,5)27(19,3)4/h6-9,14-15,19,21-23H,10-13,16H2,1-5H3/t19-,21-,22-,23+,28-,29-,30+/m0/s1. The van der Waals surface area contributed by atoms with Crippen molar-refractivity contribution in [2.24, 2.45) is 22.2 Å². The largest absolute Gasteiger partial charge is 0.348 e. The van der Waals surface area contributed by atoms with Crippen molar-refractivity contribution < 1.29 is 0 Å². The Bertz CT molecular complexity index is 1530. The van der Waals surface area contributed by atoms with Crippen molar-refractivity contribution >= 4 is 0 Å². The van der Waals surface area contributed by atoms with Crippen LogP contribution in [-0.2, 0) is 11.8 Å². The Morgan fingerprint density at radius 2 is 1.57 bits per heavy atom. The Balaban J connectivity index is 1.39. The van der Waals surface area contributed by atoms with Gasteiger partial charge in [0.1, 0.15) is 0 Å². The summed E-state index contributed by atoms with van der Waals surface area (Å²) in [4.78, 5) is 28.5. The van der Waals surface area contributed by atoms with Gasteiger partial charge < -0.3 is 0 Å². The van der Waals surface area contributed by atoms with Gasteiger partial charge in [0, 0.05) is 11.5 Å². The quantitative estimate of drug-likeness (QED) is 0.557. The van der Waals surface area contributed by atoms with Crippen LogP contribution in [0.25, 0.3) is 0 Å². The van der Waals surface area contributed by atoms with Gasteiger partial charge in [-0.05, 0) is 85.0 Å². The van der Waals surface area contributed by atoms with E-state index in [1.807, 2.05) is 9.36 Å². The molecule has 5 heteroatoms. The van der Waals surface area contributed by atoms with Crippen LogP contribution >= 0.6 is 0 Å². The van der Waals surface area contributed by atoms with Gasteiger partial charge in [-0.3, -0.25) is 0 Å². The van der Waals surface area contributed by atoms with Crippen molar-refractivity contribution in [1.82, 2.24) is 13.9 Å². The summed E-state index contributed by atoms with van der Waals surface area (Å²) in [6.45, 7) is 11.5. The maximum atomic E-state index is 14.3. The molecule has 9 rings (SSSR count). The maximum absolute atomic E-state index is 14.3. The number of hydrogen-bond acceptors (Lipinski definition) is 2. The molecule has 182 valence electrons. The average Bonchev–Trinajstić information content (AvgIpc) is 3.28. The molecule has 5 nitrogen and oxygen atoms in total. The molecule has 2 aromatic rings. The van der Waals surface area contributed by atoms with E-state index in [2.05, 4.69) is 71.1 Å². The van der Waals surface area contributed by atoms with Crippen molar-refractivity contribution in [3.05, 3.63) is 79.7 Å². The van der Waals surface area contributed by atoms with Crippen LogP contribution in [0.1, 0.15) is 86.8 Å². The van der Waals surface area contributed by atoms with Crippen LogP contribution in [0, 0.1) is 36.0 Å². The van der Waals surface area contributed by atoms with E-state index in [0.717, 1.165) is 25.7 Å². The first kappa shape index (κ1) is 20.6. The van der Waals surface area contributed by atoms with Gasteiger partial charge in [-0.1, -0.05) is 57.2 Å². The lowest BCUT2D eigenvalue weighted by molar-refractivity contribution is -0.00767. The zero-order valence-electron chi connectivity index (χ0n) is 21.5. The van der Waals surface area contributed by atoms with E-state index in [1.54, 1.807) is 4.57 Å². The number of rotatable bonds is 1. The van der Waals surface area contributed by atoms with Crippen LogP contribution in [0.15, 0.2) is 46.0 Å². The summed E-state index contributed by atoms with van der Waals surface area (Å²) >= 11 is 0. The molecule has 0 amide bonds. The maximum Gasteiger partial charge on any atom is 0.348 e. The first-order valence-corrected chi connectivity index (χ1v) is 13.5. The molecule has 0 N–H and O–H groups in total. The lowest BCUT2D eigenvalue weighted by Crippen LogP contribution is -2.68. The predicted molar refractivity (Wildman–Crippen MR) is 136 cm³/mol. The molecule has 1 aromatic heterocycles. The SMILES string of the molecule is Cc1ccc(C)c2c1CC[C@@]13C=C[C@@]21[C@@H]1C=C[C@@H]3n2c(=O)n([C@@H]3C[C@@H]4CC[C@]3(C)C4(C)C)c(=O)n21. The third-order valence-electron chi connectivity index (χ3n) is 12.5. The number of nitrogens with zero attached hydrogens (tertiary/aromatic N) is 3. The second-order valence-corrected chi connectivity index (χ2v) is 13.3. The third kappa shape index (κ3) is 1.82. The van der Waals surface area contributed by atoms with E-state index in [1.165, 1.54) is 28.7 Å². The normalized spacial score (nSPS) is 42.4. The van der Waals surface area contributed by atoms with Gasteiger partial charge in [-0.2, -0.15) is 0 Å². The number of hydrogen-bond donors (Lipinski definition) is 0. The Morgan fingerprint density at radius 1 is 0.886 bits per heavy atom. The highest BCUT2D eigenvalue weighted by molar-refractivity contribution is 5.61. The zero-order valence-corrected chi connectivity index (χ0v) is 21.5. The highest BCUT2D eigenvalue weighted by Crippen LogP contribution is 2.72. The molecule has 0 saturated heterocycles. The summed E-state index contributed by atoms with van der Waals surface area (Å²) in [7, 11) is 0. The molecular weight excluding hydrogens is 434 g/mol. The smallest absolute Gasteiger partial charge is 0.246 e. The summed E-state index contributed by atoms with van der Waals surface area (Å²) in [6, 6.07) is 4.22. The fourth-order valence-corrected chi connectivity index (χ4v) is 10.1. The monoisotopic (exact) mass is 469 g/mol. The minimum Gasteiger partial charge on any atom is -0.246 e. The number of aryl methyl sites for hydroxylation is 2. The van der Waals surface area contributed by atoms with E-state index in [4.69, 9.17) is 0 Å². The topological polar surface area (TPSA) is 48.9 Å². The fraction of sp³-hybridized carbons (Fsp3) is 0.600. The molecule has 5 aliphatic carbocycles. The summed E-state index contributed by atoms with van der Waals surface area (Å²) < 4.78 is 5.43. The van der Waals surface area contributed by atoms with E-state index >= 15 is 0 Å². The van der Waals surface area contributed by atoms with E-state index < -0.39 is 0 Å². The molecule has 0 unspecified atom stereocenters. The molecule has 0 spiro atoms. The lowest BCUT2D eigenvalue weighted by atomic mass is 9.40. The number of aromatic nitrogens is 3. The molecule has 3 heterocycles. The van der Waals surface area contributed by atoms with Crippen LogP contribution in [0.4, 0.5) is 0 Å². The van der Waals surface area contributed by atoms with Crippen LogP contribution in [0.2, 0.25) is 0 Å². The summed E-state index contributed by atoms with van der Waals surface area (Å²) in [6.07, 6.45) is 14.5. The second kappa shape index (κ2) is 5.71. The van der Waals surface area contributed by atoms with E-state index in [0.29, 0.717) is 5.92 Å². The van der Waals surface area contributed by atoms with Crippen LogP contribution in [0.3, 0.4) is 0 Å². The molecule has 2 aliphatic heterocycles. The molecule has 2 fully saturated rings. The molecule has 1 aromatic carbocycles. The number of fused-ring (bicyclic) bond motifs is 3. The van der Waals surface area contributed by atoms with Gasteiger partial charge >= 0.3 is 11.4 Å². The van der Waals surface area contributed by atoms with Crippen molar-refractivity contribution in [3.63, 3.8) is 0 Å². The van der Waals surface area contributed by atoms with Crippen molar-refractivity contribution in [1.29, 1.82) is 0 Å². The molecule has 7 atom stereocenters. The molecule has 4 bridgehead atoms. The van der Waals surface area contributed by atoms with Crippen molar-refractivity contribution in [2.45, 2.75) is 90.3 Å². The van der Waals surface area contributed by atoms with Crippen LogP contribution in [-0.4, -0.2) is 13.9 Å². The second-order valence-electron chi connectivity index (χ2n) is 13.3. The van der Waals surface area contributed by atoms with Gasteiger partial charge in [0.05, 0.1) is 17.5 Å². The summed E-state index contributed by atoms with van der Waals surface area (Å²) in [5.74, 6) is 0.579. The van der Waals surface area contributed by atoms with E-state index in [9.17, 15) is 9.59 Å². The zero-order chi connectivity index (χ0) is 24.3. The van der Waals surface area contributed by atoms with Crippen molar-refractivity contribution in [2.75, 3.05) is 0 Å². The minimum absolute atomic E-state index is 0.0137. The highest BCUT2D eigenvalue weighted by Gasteiger charge is 2.71. The molecule has 35 heavy (non-hydrogen) atoms. The van der Waals surface area contributed by atoms with Crippen LogP contribution < -0.4 is 11.4 Å². The third-order valence-corrected chi connectivity index (χ3v) is 12.5. The first-order valence-electron chi connectivity index (χ1n) is 13.5. The first-order chi connectivity index (χ1) is 16.6. The van der Waals surface area contributed by atoms with Gasteiger partial charge in [0.2, 0.25) is 0 Å². The van der Waals surface area contributed by atoms with Gasteiger partial charge in [0.25, 0.3) is 0 Å². The average molecular weight is 470 g/mol. The minimum atomic E-state index is -0.240. The van der Waals surface area contributed by atoms with Crippen LogP contribution in [0.5, 0.6) is 0 Å². The Labute approximate surface area is 206 Å². The Morgan fingerprint density at radius 3 is 2.20 bits per heavy atom. The molecule has 7 aliphatic rings. The highest BCUT2D eigenvalue weighted by atomic mass is 16.2. The van der Waals surface area contributed by atoms with Gasteiger partial charge in [-0.15, -0.1) is 0 Å². The van der Waals surface area contributed by atoms with E-state index in [-0.39, 0.29) is 51.2 Å². The number of benzene rings is 1. The summed E-state index contributed by atoms with van der Waals surface area (Å²) in [5.41, 5.74) is 5.10. The summed E-state index contributed by atoms with van der Waals surface area (Å²) in [5, 5.41) is 0. The Kier molecular flexibility index (Phi) is 3.36. The predicted octanol–water partition coefficient (Wildman–Crippen LogP) is 4.92. The number of allylic oxidation sites excluding steroid dienone is 4. The molecule has 2 saturated carbocycles. The molecule has 0 radical (unpaired) electrons. The van der Waals surface area contributed by atoms with Crippen molar-refractivity contribution in [3.8, 4) is 0 Å². The van der Waals surface area contributed by atoms with Gasteiger partial charge in [0.15, 0.2) is 0 Å². The molecular formula is C30H35N3O2.